The number of hydrogen-bond acceptors (Lipinski definition) is 4. The number of amides is 1. The molecule has 1 fully saturated rings. The third kappa shape index (κ3) is 4.17. The molecular weight excluding hydrogens is 204 g/mol. The summed E-state index contributed by atoms with van der Waals surface area (Å²) in [5.41, 5.74) is 0. The van der Waals surface area contributed by atoms with Gasteiger partial charge in [-0.3, -0.25) is 9.69 Å². The second-order valence-corrected chi connectivity index (χ2v) is 4.36. The smallest absolute Gasteiger partial charge is 0.222 e. The predicted octanol–water partition coefficient (Wildman–Crippen LogP) is -0.302. The van der Waals surface area contributed by atoms with Crippen LogP contribution >= 0.6 is 0 Å². The second-order valence-electron chi connectivity index (χ2n) is 4.36. The van der Waals surface area contributed by atoms with Gasteiger partial charge in [0, 0.05) is 32.2 Å². The van der Waals surface area contributed by atoms with E-state index in [1.54, 1.807) is 0 Å². The third-order valence-electron chi connectivity index (χ3n) is 2.57. The van der Waals surface area contributed by atoms with Gasteiger partial charge in [0.1, 0.15) is 6.04 Å². The predicted molar refractivity (Wildman–Crippen MR) is 61.7 cm³/mol. The summed E-state index contributed by atoms with van der Waals surface area (Å²) in [7, 11) is 0. The van der Waals surface area contributed by atoms with E-state index in [0.29, 0.717) is 0 Å². The van der Waals surface area contributed by atoms with Crippen LogP contribution in [-0.4, -0.2) is 49.1 Å². The van der Waals surface area contributed by atoms with Crippen LogP contribution < -0.4 is 10.6 Å². The molecule has 1 saturated heterocycles. The minimum Gasteiger partial charge on any atom is -0.354 e. The van der Waals surface area contributed by atoms with E-state index in [4.69, 9.17) is 5.26 Å². The number of piperazine rings is 1. The van der Waals surface area contributed by atoms with E-state index in [1.165, 1.54) is 0 Å². The molecule has 16 heavy (non-hydrogen) atoms. The fourth-order valence-corrected chi connectivity index (χ4v) is 1.81. The fourth-order valence-electron chi connectivity index (χ4n) is 1.81. The lowest BCUT2D eigenvalue weighted by atomic mass is 10.1. The number of carbonyl (C=O) groups excluding carboxylic acids is 1. The van der Waals surface area contributed by atoms with Crippen molar-refractivity contribution in [1.82, 2.24) is 15.5 Å². The SMILES string of the molecule is CC(C)NC(=O)CC(C#N)N1CCNCC1. The van der Waals surface area contributed by atoms with Crippen molar-refractivity contribution in [2.75, 3.05) is 26.2 Å². The Morgan fingerprint density at radius 1 is 1.50 bits per heavy atom. The van der Waals surface area contributed by atoms with Gasteiger partial charge < -0.3 is 10.6 Å². The molecule has 90 valence electrons. The lowest BCUT2D eigenvalue weighted by Gasteiger charge is -2.30. The highest BCUT2D eigenvalue weighted by Crippen LogP contribution is 2.05. The summed E-state index contributed by atoms with van der Waals surface area (Å²) in [5, 5.41) is 15.1. The molecule has 1 aliphatic rings. The monoisotopic (exact) mass is 224 g/mol. The average Bonchev–Trinajstić information content (AvgIpc) is 2.26. The van der Waals surface area contributed by atoms with E-state index < -0.39 is 0 Å². The minimum absolute atomic E-state index is 0.0416. The molecule has 5 nitrogen and oxygen atoms in total. The van der Waals surface area contributed by atoms with Crippen molar-refractivity contribution >= 4 is 5.91 Å². The maximum atomic E-state index is 11.6. The lowest BCUT2D eigenvalue weighted by molar-refractivity contribution is -0.122. The molecule has 0 aromatic heterocycles. The van der Waals surface area contributed by atoms with Crippen molar-refractivity contribution in [3.8, 4) is 6.07 Å². The Balaban J connectivity index is 2.42. The Morgan fingerprint density at radius 2 is 2.12 bits per heavy atom. The van der Waals surface area contributed by atoms with Gasteiger partial charge in [0.2, 0.25) is 5.91 Å². The van der Waals surface area contributed by atoms with Crippen molar-refractivity contribution < 1.29 is 4.79 Å². The topological polar surface area (TPSA) is 68.2 Å². The molecule has 0 spiro atoms. The van der Waals surface area contributed by atoms with Gasteiger partial charge in [-0.1, -0.05) is 0 Å². The maximum absolute atomic E-state index is 11.6. The summed E-state index contributed by atoms with van der Waals surface area (Å²) in [6.07, 6.45) is 0.272. The second kappa shape index (κ2) is 6.46. The van der Waals surface area contributed by atoms with E-state index in [-0.39, 0.29) is 24.4 Å². The van der Waals surface area contributed by atoms with Gasteiger partial charge in [-0.05, 0) is 13.8 Å². The third-order valence-corrected chi connectivity index (χ3v) is 2.57. The summed E-state index contributed by atoms with van der Waals surface area (Å²) in [5.74, 6) is -0.0416. The summed E-state index contributed by atoms with van der Waals surface area (Å²) in [6, 6.07) is 2.06. The number of nitriles is 1. The highest BCUT2D eigenvalue weighted by atomic mass is 16.1. The lowest BCUT2D eigenvalue weighted by Crippen LogP contribution is -2.49. The normalized spacial score (nSPS) is 19.1. The zero-order chi connectivity index (χ0) is 12.0. The van der Waals surface area contributed by atoms with Crippen LogP contribution in [0, 0.1) is 11.3 Å². The van der Waals surface area contributed by atoms with Crippen LogP contribution in [0.15, 0.2) is 0 Å². The number of carbonyl (C=O) groups is 1. The molecule has 1 atom stereocenters. The van der Waals surface area contributed by atoms with Crippen LogP contribution in [0.1, 0.15) is 20.3 Å². The molecule has 2 N–H and O–H groups in total. The molecule has 1 aliphatic heterocycles. The first kappa shape index (κ1) is 12.9. The van der Waals surface area contributed by atoms with E-state index in [2.05, 4.69) is 21.6 Å². The van der Waals surface area contributed by atoms with Gasteiger partial charge in [0.05, 0.1) is 12.5 Å². The standard InChI is InChI=1S/C11H20N4O/c1-9(2)14-11(16)7-10(8-12)15-5-3-13-4-6-15/h9-10,13H,3-7H2,1-2H3,(H,14,16). The van der Waals surface area contributed by atoms with Crippen LogP contribution in [-0.2, 0) is 4.79 Å². The molecule has 1 heterocycles. The van der Waals surface area contributed by atoms with Gasteiger partial charge in [-0.25, -0.2) is 0 Å². The van der Waals surface area contributed by atoms with Crippen LogP contribution in [0.5, 0.6) is 0 Å². The number of nitrogens with zero attached hydrogens (tertiary/aromatic N) is 2. The minimum atomic E-state index is -0.291. The van der Waals surface area contributed by atoms with Gasteiger partial charge in [-0.15, -0.1) is 0 Å². The van der Waals surface area contributed by atoms with E-state index >= 15 is 0 Å². The van der Waals surface area contributed by atoms with Gasteiger partial charge in [0.25, 0.3) is 0 Å². The summed E-state index contributed by atoms with van der Waals surface area (Å²) >= 11 is 0. The van der Waals surface area contributed by atoms with Crippen molar-refractivity contribution in [3.63, 3.8) is 0 Å². The number of hydrogen-bond donors (Lipinski definition) is 2. The molecular formula is C11H20N4O. The molecule has 0 aromatic carbocycles. The Labute approximate surface area is 96.8 Å². The van der Waals surface area contributed by atoms with Crippen molar-refractivity contribution in [2.45, 2.75) is 32.4 Å². The van der Waals surface area contributed by atoms with E-state index in [9.17, 15) is 4.79 Å². The van der Waals surface area contributed by atoms with Crippen LogP contribution in [0.25, 0.3) is 0 Å². The van der Waals surface area contributed by atoms with E-state index in [1.807, 2.05) is 13.8 Å². The summed E-state index contributed by atoms with van der Waals surface area (Å²) in [4.78, 5) is 13.6. The van der Waals surface area contributed by atoms with Crippen molar-refractivity contribution in [1.29, 1.82) is 5.26 Å². The molecule has 0 bridgehead atoms. The van der Waals surface area contributed by atoms with Gasteiger partial charge in [-0.2, -0.15) is 5.26 Å². The summed E-state index contributed by atoms with van der Waals surface area (Å²) < 4.78 is 0. The molecule has 1 amide bonds. The van der Waals surface area contributed by atoms with Gasteiger partial charge >= 0.3 is 0 Å². The highest BCUT2D eigenvalue weighted by Gasteiger charge is 2.22. The maximum Gasteiger partial charge on any atom is 0.222 e. The quantitative estimate of drug-likeness (QED) is 0.688. The molecule has 5 heteroatoms. The van der Waals surface area contributed by atoms with Crippen molar-refractivity contribution in [2.24, 2.45) is 0 Å². The Bertz CT molecular complexity index is 266. The first-order chi connectivity index (χ1) is 7.63. The highest BCUT2D eigenvalue weighted by molar-refractivity contribution is 5.77. The zero-order valence-electron chi connectivity index (χ0n) is 9.99. The Morgan fingerprint density at radius 3 is 2.62 bits per heavy atom. The first-order valence-electron chi connectivity index (χ1n) is 5.77. The molecule has 1 rings (SSSR count). The largest absolute Gasteiger partial charge is 0.354 e. The molecule has 0 saturated carbocycles. The van der Waals surface area contributed by atoms with Crippen LogP contribution in [0.3, 0.4) is 0 Å². The van der Waals surface area contributed by atoms with Crippen LogP contribution in [0.2, 0.25) is 0 Å². The Kier molecular flexibility index (Phi) is 5.23. The molecule has 1 unspecified atom stereocenters. The molecule has 0 aromatic rings. The first-order valence-corrected chi connectivity index (χ1v) is 5.77. The van der Waals surface area contributed by atoms with Crippen molar-refractivity contribution in [3.05, 3.63) is 0 Å². The van der Waals surface area contributed by atoms with Crippen LogP contribution in [0.4, 0.5) is 0 Å². The number of rotatable bonds is 4. The number of nitrogens with one attached hydrogen (secondary N) is 2. The zero-order valence-corrected chi connectivity index (χ0v) is 9.99. The molecule has 0 aliphatic carbocycles. The molecule has 0 radical (unpaired) electrons. The average molecular weight is 224 g/mol. The fraction of sp³-hybridized carbons (Fsp3) is 0.818. The van der Waals surface area contributed by atoms with Gasteiger partial charge in [0.15, 0.2) is 0 Å². The summed E-state index contributed by atoms with van der Waals surface area (Å²) in [6.45, 7) is 7.31. The van der Waals surface area contributed by atoms with E-state index in [0.717, 1.165) is 26.2 Å². The Hall–Kier alpha value is -1.12.